The second kappa shape index (κ2) is 11.2. The smallest absolute Gasteiger partial charge is 0.408 e. The van der Waals surface area contributed by atoms with Crippen molar-refractivity contribution in [3.8, 4) is 0 Å². The summed E-state index contributed by atoms with van der Waals surface area (Å²) < 4.78 is 5.79. The first-order chi connectivity index (χ1) is 13.9. The molecule has 3 amide bonds. The van der Waals surface area contributed by atoms with Crippen molar-refractivity contribution in [1.82, 2.24) is 16.2 Å². The van der Waals surface area contributed by atoms with Gasteiger partial charge in [0.2, 0.25) is 0 Å². The second-order valence-electron chi connectivity index (χ2n) is 6.49. The maximum atomic E-state index is 12.6. The summed E-state index contributed by atoms with van der Waals surface area (Å²) in [6, 6.07) is 15.2. The lowest BCUT2D eigenvalue weighted by molar-refractivity contribution is -0.125. The quantitative estimate of drug-likeness (QED) is 0.549. The number of halogens is 1. The van der Waals surface area contributed by atoms with Crippen LogP contribution in [0.1, 0.15) is 36.2 Å². The molecule has 0 aliphatic carbocycles. The average Bonchev–Trinajstić information content (AvgIpc) is 2.74. The Kier molecular flexibility index (Phi) is 8.67. The van der Waals surface area contributed by atoms with Crippen LogP contribution in [0.2, 0.25) is 0 Å². The highest BCUT2D eigenvalue weighted by molar-refractivity contribution is 9.10. The van der Waals surface area contributed by atoms with E-state index < -0.39 is 23.9 Å². The van der Waals surface area contributed by atoms with E-state index >= 15 is 0 Å². The number of amides is 3. The topological polar surface area (TPSA) is 96.5 Å². The summed E-state index contributed by atoms with van der Waals surface area (Å²) in [5.74, 6) is -1.17. The van der Waals surface area contributed by atoms with Crippen molar-refractivity contribution in [1.29, 1.82) is 0 Å². The van der Waals surface area contributed by atoms with Gasteiger partial charge < -0.3 is 10.1 Å². The minimum Gasteiger partial charge on any atom is -0.445 e. The summed E-state index contributed by atoms with van der Waals surface area (Å²) in [5, 5.41) is 2.58. The van der Waals surface area contributed by atoms with Gasteiger partial charge in [0.05, 0.1) is 5.56 Å². The summed E-state index contributed by atoms with van der Waals surface area (Å²) in [7, 11) is 0. The minimum atomic E-state index is -0.859. The number of hydrazine groups is 1. The Balaban J connectivity index is 1.92. The number of benzene rings is 2. The predicted molar refractivity (Wildman–Crippen MR) is 113 cm³/mol. The molecule has 2 atom stereocenters. The van der Waals surface area contributed by atoms with E-state index in [9.17, 15) is 14.4 Å². The highest BCUT2D eigenvalue weighted by Gasteiger charge is 2.27. The standard InChI is InChI=1S/C21H24BrN3O4/c1-3-14(2)18(23-21(28)29-13-15-9-5-4-6-10-15)20(27)25-24-19(26)16-11-7-8-12-17(16)22/h4-12,14,18H,3,13H2,1-2H3,(H,23,28)(H,24,26)(H,25,27)/t14-,18+/m0/s1. The van der Waals surface area contributed by atoms with Crippen molar-refractivity contribution in [2.45, 2.75) is 32.9 Å². The van der Waals surface area contributed by atoms with Crippen molar-refractivity contribution < 1.29 is 19.1 Å². The molecule has 7 nitrogen and oxygen atoms in total. The average molecular weight is 462 g/mol. The molecule has 0 heterocycles. The van der Waals surface area contributed by atoms with Crippen LogP contribution in [0.15, 0.2) is 59.1 Å². The van der Waals surface area contributed by atoms with Crippen LogP contribution >= 0.6 is 15.9 Å². The fourth-order valence-electron chi connectivity index (χ4n) is 2.50. The lowest BCUT2D eigenvalue weighted by Crippen LogP contribution is -2.54. The van der Waals surface area contributed by atoms with Crippen LogP contribution in [-0.4, -0.2) is 23.9 Å². The third-order valence-corrected chi connectivity index (χ3v) is 5.09. The van der Waals surface area contributed by atoms with Crippen LogP contribution in [0.5, 0.6) is 0 Å². The highest BCUT2D eigenvalue weighted by Crippen LogP contribution is 2.15. The number of alkyl carbamates (subject to hydrolysis) is 1. The van der Waals surface area contributed by atoms with Crippen LogP contribution in [0.25, 0.3) is 0 Å². The van der Waals surface area contributed by atoms with Crippen molar-refractivity contribution >= 4 is 33.8 Å². The van der Waals surface area contributed by atoms with Gasteiger partial charge in [-0.15, -0.1) is 0 Å². The largest absolute Gasteiger partial charge is 0.445 e. The molecule has 0 aromatic heterocycles. The Morgan fingerprint density at radius 3 is 2.31 bits per heavy atom. The van der Waals surface area contributed by atoms with Crippen LogP contribution < -0.4 is 16.2 Å². The monoisotopic (exact) mass is 461 g/mol. The van der Waals surface area contributed by atoms with E-state index in [0.29, 0.717) is 16.5 Å². The molecule has 0 saturated carbocycles. The molecule has 2 aromatic carbocycles. The maximum Gasteiger partial charge on any atom is 0.408 e. The Bertz CT molecular complexity index is 845. The number of carbonyl (C=O) groups excluding carboxylic acids is 3. The second-order valence-corrected chi connectivity index (χ2v) is 7.35. The predicted octanol–water partition coefficient (Wildman–Crippen LogP) is 3.55. The SMILES string of the molecule is CC[C@H](C)[C@@H](NC(=O)OCc1ccccc1)C(=O)NNC(=O)c1ccccc1Br. The Hall–Kier alpha value is -2.87. The molecule has 8 heteroatoms. The molecule has 0 unspecified atom stereocenters. The fourth-order valence-corrected chi connectivity index (χ4v) is 2.97. The zero-order valence-corrected chi connectivity index (χ0v) is 17.9. The highest BCUT2D eigenvalue weighted by atomic mass is 79.9. The van der Waals surface area contributed by atoms with E-state index in [0.717, 1.165) is 5.56 Å². The molecule has 29 heavy (non-hydrogen) atoms. The van der Waals surface area contributed by atoms with Gasteiger partial charge in [0.15, 0.2) is 0 Å². The number of carbonyl (C=O) groups is 3. The van der Waals surface area contributed by atoms with Gasteiger partial charge in [-0.05, 0) is 39.5 Å². The number of rotatable bonds is 7. The van der Waals surface area contributed by atoms with Crippen molar-refractivity contribution in [3.05, 3.63) is 70.2 Å². The molecule has 0 saturated heterocycles. The van der Waals surface area contributed by atoms with Gasteiger partial charge in [-0.25, -0.2) is 4.79 Å². The van der Waals surface area contributed by atoms with Gasteiger partial charge in [0.1, 0.15) is 12.6 Å². The Morgan fingerprint density at radius 2 is 1.66 bits per heavy atom. The molecule has 2 rings (SSSR count). The van der Waals surface area contributed by atoms with Gasteiger partial charge in [-0.1, -0.05) is 62.7 Å². The summed E-state index contributed by atoms with van der Waals surface area (Å²) >= 11 is 3.29. The molecular weight excluding hydrogens is 438 g/mol. The summed E-state index contributed by atoms with van der Waals surface area (Å²) in [4.78, 5) is 37.0. The molecule has 2 aromatic rings. The lowest BCUT2D eigenvalue weighted by atomic mass is 9.99. The fraction of sp³-hybridized carbons (Fsp3) is 0.286. The van der Waals surface area contributed by atoms with Gasteiger partial charge in [0, 0.05) is 4.47 Å². The summed E-state index contributed by atoms with van der Waals surface area (Å²) in [5.41, 5.74) is 5.96. The minimum absolute atomic E-state index is 0.0975. The molecule has 3 N–H and O–H groups in total. The lowest BCUT2D eigenvalue weighted by Gasteiger charge is -2.23. The molecule has 0 radical (unpaired) electrons. The Morgan fingerprint density at radius 1 is 1.00 bits per heavy atom. The maximum absolute atomic E-state index is 12.6. The van der Waals surface area contributed by atoms with E-state index in [4.69, 9.17) is 4.74 Å². The van der Waals surface area contributed by atoms with Gasteiger partial charge in [-0.2, -0.15) is 0 Å². The zero-order chi connectivity index (χ0) is 21.2. The van der Waals surface area contributed by atoms with Crippen LogP contribution in [-0.2, 0) is 16.1 Å². The van der Waals surface area contributed by atoms with Crippen LogP contribution in [0.4, 0.5) is 4.79 Å². The van der Waals surface area contributed by atoms with Gasteiger partial charge in [0.25, 0.3) is 11.8 Å². The van der Waals surface area contributed by atoms with E-state index in [2.05, 4.69) is 32.1 Å². The van der Waals surface area contributed by atoms with E-state index in [-0.39, 0.29) is 12.5 Å². The van der Waals surface area contributed by atoms with Gasteiger partial charge >= 0.3 is 6.09 Å². The molecular formula is C21H24BrN3O4. The van der Waals surface area contributed by atoms with Crippen LogP contribution in [0.3, 0.4) is 0 Å². The van der Waals surface area contributed by atoms with Crippen molar-refractivity contribution in [3.63, 3.8) is 0 Å². The number of hydrogen-bond donors (Lipinski definition) is 3. The van der Waals surface area contributed by atoms with E-state index in [1.807, 2.05) is 44.2 Å². The molecule has 0 spiro atoms. The van der Waals surface area contributed by atoms with Gasteiger partial charge in [-0.3, -0.25) is 20.4 Å². The number of nitrogens with one attached hydrogen (secondary N) is 3. The normalized spacial score (nSPS) is 12.4. The summed E-state index contributed by atoms with van der Waals surface area (Å²) in [6.07, 6.45) is -0.0543. The van der Waals surface area contributed by atoms with E-state index in [1.165, 1.54) is 0 Å². The molecule has 0 aliphatic rings. The summed E-state index contributed by atoms with van der Waals surface area (Å²) in [6.45, 7) is 3.83. The first-order valence-corrected chi connectivity index (χ1v) is 10.0. The number of ether oxygens (including phenoxy) is 1. The zero-order valence-electron chi connectivity index (χ0n) is 16.3. The third-order valence-electron chi connectivity index (χ3n) is 4.40. The molecule has 0 aliphatic heterocycles. The molecule has 0 bridgehead atoms. The van der Waals surface area contributed by atoms with E-state index in [1.54, 1.807) is 24.3 Å². The first-order valence-electron chi connectivity index (χ1n) is 9.24. The third kappa shape index (κ3) is 6.90. The Labute approximate surface area is 178 Å². The molecule has 154 valence electrons. The van der Waals surface area contributed by atoms with Crippen LogP contribution in [0, 0.1) is 5.92 Å². The molecule has 0 fully saturated rings. The first kappa shape index (κ1) is 22.4. The van der Waals surface area contributed by atoms with Crippen molar-refractivity contribution in [2.24, 2.45) is 5.92 Å². The number of hydrogen-bond acceptors (Lipinski definition) is 4. The van der Waals surface area contributed by atoms with Crippen molar-refractivity contribution in [2.75, 3.05) is 0 Å².